The molecule has 0 atom stereocenters. The molecule has 0 unspecified atom stereocenters. The quantitative estimate of drug-likeness (QED) is 0.287. The fraction of sp³-hybridized carbons (Fsp3) is 0.200. The predicted octanol–water partition coefficient (Wildman–Crippen LogP) is 6.01. The minimum atomic E-state index is -0.113. The first-order valence-corrected chi connectivity index (χ1v) is 12.5. The lowest BCUT2D eigenvalue weighted by Crippen LogP contribution is -2.32. The second-order valence-electron chi connectivity index (χ2n) is 9.54. The van der Waals surface area contributed by atoms with Crippen LogP contribution in [0.1, 0.15) is 40.1 Å². The van der Waals surface area contributed by atoms with Crippen molar-refractivity contribution in [1.29, 1.82) is 0 Å². The minimum Gasteiger partial charge on any atom is -0.365 e. The SMILES string of the molecule is Cc1cccc(CNc2ncnc3ccc(-c4cccc(CN(C(=O)c5ccno5)C5CC5)c4)cc23)c1. The van der Waals surface area contributed by atoms with Gasteiger partial charge in [-0.2, -0.15) is 0 Å². The van der Waals surface area contributed by atoms with Crippen molar-refractivity contribution in [2.24, 2.45) is 0 Å². The highest BCUT2D eigenvalue weighted by atomic mass is 16.5. The number of nitrogens with zero attached hydrogens (tertiary/aromatic N) is 4. The van der Waals surface area contributed by atoms with Gasteiger partial charge in [0.05, 0.1) is 11.7 Å². The van der Waals surface area contributed by atoms with Crippen molar-refractivity contribution in [3.05, 3.63) is 108 Å². The van der Waals surface area contributed by atoms with Crippen LogP contribution in [-0.2, 0) is 13.1 Å². The molecule has 1 fully saturated rings. The molecular formula is C30H27N5O2. The van der Waals surface area contributed by atoms with Gasteiger partial charge in [0, 0.05) is 30.6 Å². The fourth-order valence-electron chi connectivity index (χ4n) is 4.65. The van der Waals surface area contributed by atoms with Crippen LogP contribution in [0.4, 0.5) is 5.82 Å². The van der Waals surface area contributed by atoms with Crippen molar-refractivity contribution in [3.63, 3.8) is 0 Å². The number of nitrogens with one attached hydrogen (secondary N) is 1. The van der Waals surface area contributed by atoms with Gasteiger partial charge in [0.1, 0.15) is 12.1 Å². The number of rotatable bonds is 8. The molecule has 1 N–H and O–H groups in total. The molecular weight excluding hydrogens is 462 g/mol. The maximum absolute atomic E-state index is 13.0. The van der Waals surface area contributed by atoms with E-state index in [2.05, 4.69) is 82.0 Å². The van der Waals surface area contributed by atoms with E-state index < -0.39 is 0 Å². The van der Waals surface area contributed by atoms with Gasteiger partial charge in [-0.1, -0.05) is 59.3 Å². The molecule has 2 heterocycles. The molecule has 3 aromatic carbocycles. The Labute approximate surface area is 215 Å². The van der Waals surface area contributed by atoms with E-state index in [0.717, 1.165) is 46.3 Å². The molecule has 5 aromatic rings. The van der Waals surface area contributed by atoms with Crippen molar-refractivity contribution < 1.29 is 9.32 Å². The Kier molecular flexibility index (Phi) is 6.10. The molecule has 1 aliphatic rings. The average Bonchev–Trinajstić information content (AvgIpc) is 3.62. The van der Waals surface area contributed by atoms with Gasteiger partial charge in [0.15, 0.2) is 0 Å². The lowest BCUT2D eigenvalue weighted by atomic mass is 10.0. The number of amides is 1. The third kappa shape index (κ3) is 5.07. The molecule has 6 rings (SSSR count). The third-order valence-corrected chi connectivity index (χ3v) is 6.69. The number of fused-ring (bicyclic) bond motifs is 1. The Bertz CT molecular complexity index is 1560. The monoisotopic (exact) mass is 489 g/mol. The number of anilines is 1. The Morgan fingerprint density at radius 1 is 0.973 bits per heavy atom. The Balaban J connectivity index is 1.26. The zero-order chi connectivity index (χ0) is 25.2. The van der Waals surface area contributed by atoms with Crippen LogP contribution in [0.5, 0.6) is 0 Å². The molecule has 0 aliphatic heterocycles. The van der Waals surface area contributed by atoms with Crippen LogP contribution in [0.15, 0.2) is 89.8 Å². The first-order valence-electron chi connectivity index (χ1n) is 12.5. The van der Waals surface area contributed by atoms with Crippen LogP contribution >= 0.6 is 0 Å². The first kappa shape index (κ1) is 22.9. The van der Waals surface area contributed by atoms with Crippen LogP contribution in [0.3, 0.4) is 0 Å². The van der Waals surface area contributed by atoms with E-state index in [1.807, 2.05) is 17.0 Å². The van der Waals surface area contributed by atoms with Crippen LogP contribution in [0.25, 0.3) is 22.0 Å². The second kappa shape index (κ2) is 9.85. The molecule has 1 saturated carbocycles. The van der Waals surface area contributed by atoms with Crippen LogP contribution in [-0.4, -0.2) is 32.0 Å². The normalized spacial score (nSPS) is 13.0. The van der Waals surface area contributed by atoms with E-state index in [9.17, 15) is 4.79 Å². The van der Waals surface area contributed by atoms with E-state index in [1.54, 1.807) is 12.4 Å². The summed E-state index contributed by atoms with van der Waals surface area (Å²) in [5, 5.41) is 8.15. The predicted molar refractivity (Wildman–Crippen MR) is 143 cm³/mol. The van der Waals surface area contributed by atoms with E-state index in [1.165, 1.54) is 17.3 Å². The summed E-state index contributed by atoms with van der Waals surface area (Å²) in [7, 11) is 0. The fourth-order valence-corrected chi connectivity index (χ4v) is 4.65. The maximum atomic E-state index is 13.0. The van der Waals surface area contributed by atoms with Crippen molar-refractivity contribution in [2.45, 2.75) is 38.9 Å². The van der Waals surface area contributed by atoms with Gasteiger partial charge in [-0.3, -0.25) is 4.79 Å². The number of carbonyl (C=O) groups excluding carboxylic acids is 1. The van der Waals surface area contributed by atoms with E-state index in [-0.39, 0.29) is 17.7 Å². The topological polar surface area (TPSA) is 84.2 Å². The number of hydrogen-bond acceptors (Lipinski definition) is 6. The Morgan fingerprint density at radius 2 is 1.81 bits per heavy atom. The van der Waals surface area contributed by atoms with E-state index in [0.29, 0.717) is 13.1 Å². The summed E-state index contributed by atoms with van der Waals surface area (Å²) in [4.78, 5) is 23.9. The Hall–Kier alpha value is -4.52. The highest BCUT2D eigenvalue weighted by Gasteiger charge is 2.34. The molecule has 1 amide bonds. The van der Waals surface area contributed by atoms with Gasteiger partial charge < -0.3 is 14.7 Å². The molecule has 7 heteroatoms. The van der Waals surface area contributed by atoms with Gasteiger partial charge in [-0.25, -0.2) is 9.97 Å². The van der Waals surface area contributed by atoms with E-state index >= 15 is 0 Å². The van der Waals surface area contributed by atoms with Crippen molar-refractivity contribution in [3.8, 4) is 11.1 Å². The summed E-state index contributed by atoms with van der Waals surface area (Å²) < 4.78 is 5.13. The summed E-state index contributed by atoms with van der Waals surface area (Å²) in [6.45, 7) is 3.31. The first-order chi connectivity index (χ1) is 18.1. The van der Waals surface area contributed by atoms with Crippen LogP contribution in [0.2, 0.25) is 0 Å². The highest BCUT2D eigenvalue weighted by Crippen LogP contribution is 2.32. The molecule has 7 nitrogen and oxygen atoms in total. The molecule has 2 aromatic heterocycles. The highest BCUT2D eigenvalue weighted by molar-refractivity contribution is 5.93. The average molecular weight is 490 g/mol. The molecule has 0 radical (unpaired) electrons. The molecule has 0 bridgehead atoms. The molecule has 184 valence electrons. The number of aromatic nitrogens is 3. The molecule has 37 heavy (non-hydrogen) atoms. The minimum absolute atomic E-state index is 0.113. The smallest absolute Gasteiger partial charge is 0.293 e. The maximum Gasteiger partial charge on any atom is 0.293 e. The molecule has 1 aliphatic carbocycles. The summed E-state index contributed by atoms with van der Waals surface area (Å²) in [6.07, 6.45) is 5.14. The second-order valence-corrected chi connectivity index (χ2v) is 9.54. The molecule has 0 spiro atoms. The van der Waals surface area contributed by atoms with E-state index in [4.69, 9.17) is 4.52 Å². The van der Waals surface area contributed by atoms with Gasteiger partial charge in [0.25, 0.3) is 5.91 Å². The van der Waals surface area contributed by atoms with Gasteiger partial charge >= 0.3 is 0 Å². The number of carbonyl (C=O) groups is 1. The van der Waals surface area contributed by atoms with Gasteiger partial charge in [0.2, 0.25) is 5.76 Å². The van der Waals surface area contributed by atoms with Gasteiger partial charge in [-0.15, -0.1) is 0 Å². The summed E-state index contributed by atoms with van der Waals surface area (Å²) in [6, 6.07) is 24.9. The molecule has 0 saturated heterocycles. The number of aryl methyl sites for hydroxylation is 1. The van der Waals surface area contributed by atoms with Crippen LogP contribution < -0.4 is 5.32 Å². The summed E-state index contributed by atoms with van der Waals surface area (Å²) >= 11 is 0. The number of hydrogen-bond donors (Lipinski definition) is 1. The zero-order valence-corrected chi connectivity index (χ0v) is 20.6. The lowest BCUT2D eigenvalue weighted by Gasteiger charge is -2.21. The third-order valence-electron chi connectivity index (χ3n) is 6.69. The van der Waals surface area contributed by atoms with Crippen LogP contribution in [0, 0.1) is 6.92 Å². The zero-order valence-electron chi connectivity index (χ0n) is 20.6. The lowest BCUT2D eigenvalue weighted by molar-refractivity contribution is 0.0687. The summed E-state index contributed by atoms with van der Waals surface area (Å²) in [5.74, 6) is 0.975. The van der Waals surface area contributed by atoms with Crippen molar-refractivity contribution in [1.82, 2.24) is 20.0 Å². The van der Waals surface area contributed by atoms with Crippen molar-refractivity contribution in [2.75, 3.05) is 5.32 Å². The van der Waals surface area contributed by atoms with Gasteiger partial charge in [-0.05, 0) is 60.2 Å². The summed E-state index contributed by atoms with van der Waals surface area (Å²) in [5.41, 5.74) is 6.55. The number of benzene rings is 3. The Morgan fingerprint density at radius 3 is 2.62 bits per heavy atom. The largest absolute Gasteiger partial charge is 0.365 e. The standard InChI is InChI=1S/C30H27N5O2/c1-20-4-2-5-21(14-20)17-31-29-26-16-24(8-11-27(26)32-19-33-29)23-7-3-6-22(15-23)18-35(25-9-10-25)30(36)28-12-13-34-37-28/h2-8,11-16,19,25H,9-10,17-18H2,1H3,(H,31,32,33). The van der Waals surface area contributed by atoms with Crippen molar-refractivity contribution >= 4 is 22.6 Å².